The van der Waals surface area contributed by atoms with Gasteiger partial charge in [0.1, 0.15) is 16.9 Å². The maximum Gasteiger partial charge on any atom is 0.239 e. The van der Waals surface area contributed by atoms with E-state index in [0.29, 0.717) is 30.3 Å². The minimum Gasteiger partial charge on any atom is -0.497 e. The zero-order chi connectivity index (χ0) is 19.3. The molecule has 0 radical (unpaired) electrons. The Labute approximate surface area is 155 Å². The average molecular weight is 363 g/mol. The lowest BCUT2D eigenvalue weighted by Crippen LogP contribution is -2.54. The van der Waals surface area contributed by atoms with E-state index in [0.717, 1.165) is 19.6 Å². The number of rotatable bonds is 6. The molecule has 7 nitrogen and oxygen atoms in total. The molecular weight excluding hydrogens is 334 g/mol. The Bertz CT molecular complexity index is 652. The third-order valence-corrected chi connectivity index (χ3v) is 4.86. The summed E-state index contributed by atoms with van der Waals surface area (Å²) < 4.78 is 10.5. The molecule has 1 aliphatic heterocycles. The van der Waals surface area contributed by atoms with E-state index in [-0.39, 0.29) is 11.8 Å². The maximum absolute atomic E-state index is 12.9. The maximum atomic E-state index is 12.9. The van der Waals surface area contributed by atoms with Crippen molar-refractivity contribution in [3.63, 3.8) is 0 Å². The Balaban J connectivity index is 2.11. The first-order valence-corrected chi connectivity index (χ1v) is 8.88. The number of hydrogen-bond donors (Lipinski definition) is 1. The van der Waals surface area contributed by atoms with Crippen LogP contribution in [-0.4, -0.2) is 68.6 Å². The molecule has 1 heterocycles. The van der Waals surface area contributed by atoms with Crippen molar-refractivity contribution in [3.05, 3.63) is 18.2 Å². The van der Waals surface area contributed by atoms with E-state index in [1.165, 1.54) is 7.11 Å². The smallest absolute Gasteiger partial charge is 0.239 e. The van der Waals surface area contributed by atoms with Gasteiger partial charge >= 0.3 is 0 Å². The molecule has 0 saturated carbocycles. The molecule has 1 saturated heterocycles. The van der Waals surface area contributed by atoms with E-state index in [1.54, 1.807) is 44.1 Å². The van der Waals surface area contributed by atoms with Gasteiger partial charge in [-0.2, -0.15) is 0 Å². The van der Waals surface area contributed by atoms with Crippen LogP contribution in [0.25, 0.3) is 0 Å². The Hall–Kier alpha value is -2.28. The fourth-order valence-electron chi connectivity index (χ4n) is 2.95. The lowest BCUT2D eigenvalue weighted by molar-refractivity contribution is -0.147. The molecule has 0 aromatic heterocycles. The van der Waals surface area contributed by atoms with Crippen LogP contribution in [0.15, 0.2) is 18.2 Å². The molecule has 144 valence electrons. The summed E-state index contributed by atoms with van der Waals surface area (Å²) in [4.78, 5) is 29.8. The highest BCUT2D eigenvalue weighted by Crippen LogP contribution is 2.31. The van der Waals surface area contributed by atoms with Crippen LogP contribution in [0.3, 0.4) is 0 Å². The molecule has 2 rings (SSSR count). The third kappa shape index (κ3) is 4.27. The second-order valence-corrected chi connectivity index (χ2v) is 6.87. The first-order chi connectivity index (χ1) is 12.3. The number of nitrogens with zero attached hydrogens (tertiary/aromatic N) is 2. The number of amides is 2. The topological polar surface area (TPSA) is 71.1 Å². The number of ether oxygens (including phenoxy) is 2. The van der Waals surface area contributed by atoms with E-state index in [9.17, 15) is 9.59 Å². The molecule has 1 N–H and O–H groups in total. The largest absolute Gasteiger partial charge is 0.497 e. The molecule has 0 bridgehead atoms. The first kappa shape index (κ1) is 20.0. The molecule has 0 spiro atoms. The summed E-state index contributed by atoms with van der Waals surface area (Å²) in [6, 6.07) is 5.14. The lowest BCUT2D eigenvalue weighted by Gasteiger charge is -2.37. The number of nitrogens with one attached hydrogen (secondary N) is 1. The Morgan fingerprint density at radius 1 is 1.12 bits per heavy atom. The van der Waals surface area contributed by atoms with E-state index in [4.69, 9.17) is 9.47 Å². The molecule has 1 aromatic rings. The van der Waals surface area contributed by atoms with Gasteiger partial charge in [-0.3, -0.25) is 9.59 Å². The SMILES string of the molecule is CCN1CCN(C(=O)C(C)(C)C(=O)Nc2cc(OC)ccc2OC)CC1. The predicted octanol–water partition coefficient (Wildman–Crippen LogP) is 1.83. The Morgan fingerprint density at radius 2 is 1.77 bits per heavy atom. The fraction of sp³-hybridized carbons (Fsp3) is 0.579. The van der Waals surface area contributed by atoms with Gasteiger partial charge in [-0.1, -0.05) is 6.92 Å². The zero-order valence-corrected chi connectivity index (χ0v) is 16.3. The average Bonchev–Trinajstić information content (AvgIpc) is 2.67. The molecule has 0 unspecified atom stereocenters. The highest BCUT2D eigenvalue weighted by atomic mass is 16.5. The lowest BCUT2D eigenvalue weighted by atomic mass is 9.89. The summed E-state index contributed by atoms with van der Waals surface area (Å²) in [7, 11) is 3.08. The monoisotopic (exact) mass is 363 g/mol. The zero-order valence-electron chi connectivity index (χ0n) is 16.3. The van der Waals surface area contributed by atoms with E-state index in [1.807, 2.05) is 0 Å². The van der Waals surface area contributed by atoms with Gasteiger partial charge in [0.15, 0.2) is 0 Å². The molecule has 1 fully saturated rings. The Morgan fingerprint density at radius 3 is 2.31 bits per heavy atom. The van der Waals surface area contributed by atoms with E-state index >= 15 is 0 Å². The van der Waals surface area contributed by atoms with Gasteiger partial charge in [0.05, 0.1) is 19.9 Å². The van der Waals surface area contributed by atoms with Gasteiger partial charge < -0.3 is 24.6 Å². The number of carbonyl (C=O) groups is 2. The van der Waals surface area contributed by atoms with Gasteiger partial charge in [-0.25, -0.2) is 0 Å². The molecule has 1 aromatic carbocycles. The van der Waals surface area contributed by atoms with Crippen LogP contribution >= 0.6 is 0 Å². The summed E-state index contributed by atoms with van der Waals surface area (Å²) in [6.07, 6.45) is 0. The van der Waals surface area contributed by atoms with Crippen LogP contribution in [0.4, 0.5) is 5.69 Å². The third-order valence-electron chi connectivity index (χ3n) is 4.86. The number of hydrogen-bond acceptors (Lipinski definition) is 5. The number of anilines is 1. The van der Waals surface area contributed by atoms with Gasteiger partial charge in [0.25, 0.3) is 0 Å². The molecular formula is C19H29N3O4. The van der Waals surface area contributed by atoms with Crippen molar-refractivity contribution in [2.75, 3.05) is 52.3 Å². The summed E-state index contributed by atoms with van der Waals surface area (Å²) in [5.41, 5.74) is -0.698. The minimum atomic E-state index is -1.18. The van der Waals surface area contributed by atoms with Gasteiger partial charge in [0.2, 0.25) is 11.8 Å². The molecule has 1 aliphatic rings. The summed E-state index contributed by atoms with van der Waals surface area (Å²) >= 11 is 0. The molecule has 0 aliphatic carbocycles. The summed E-state index contributed by atoms with van der Waals surface area (Å²) in [6.45, 7) is 9.36. The second kappa shape index (κ2) is 8.40. The van der Waals surface area contributed by atoms with E-state index < -0.39 is 5.41 Å². The van der Waals surface area contributed by atoms with Gasteiger partial charge in [0, 0.05) is 32.2 Å². The fourth-order valence-corrected chi connectivity index (χ4v) is 2.95. The highest BCUT2D eigenvalue weighted by Gasteiger charge is 2.40. The summed E-state index contributed by atoms with van der Waals surface area (Å²) in [5, 5.41) is 2.81. The molecule has 0 atom stereocenters. The number of likely N-dealkylation sites (N-methyl/N-ethyl adjacent to an activating group) is 1. The number of piperazine rings is 1. The number of benzene rings is 1. The van der Waals surface area contributed by atoms with Crippen molar-refractivity contribution < 1.29 is 19.1 Å². The standard InChI is InChI=1S/C19H29N3O4/c1-6-21-9-11-22(12-10-21)18(24)19(2,3)17(23)20-15-13-14(25-4)7-8-16(15)26-5/h7-8,13H,6,9-12H2,1-5H3,(H,20,23). The second-order valence-electron chi connectivity index (χ2n) is 6.87. The van der Waals surface area contributed by atoms with Crippen LogP contribution < -0.4 is 14.8 Å². The van der Waals surface area contributed by atoms with Crippen molar-refractivity contribution in [2.24, 2.45) is 5.41 Å². The van der Waals surface area contributed by atoms with Crippen molar-refractivity contribution in [2.45, 2.75) is 20.8 Å². The quantitative estimate of drug-likeness (QED) is 0.781. The van der Waals surface area contributed by atoms with Crippen molar-refractivity contribution in [1.29, 1.82) is 0 Å². The van der Waals surface area contributed by atoms with Crippen LogP contribution in [0.1, 0.15) is 20.8 Å². The van der Waals surface area contributed by atoms with Crippen LogP contribution in [-0.2, 0) is 9.59 Å². The number of methoxy groups -OCH3 is 2. The minimum absolute atomic E-state index is 0.160. The normalized spacial score (nSPS) is 15.5. The highest BCUT2D eigenvalue weighted by molar-refractivity contribution is 6.10. The molecule has 2 amide bonds. The van der Waals surface area contributed by atoms with Crippen molar-refractivity contribution >= 4 is 17.5 Å². The summed E-state index contributed by atoms with van der Waals surface area (Å²) in [5.74, 6) is 0.583. The molecule has 7 heteroatoms. The first-order valence-electron chi connectivity index (χ1n) is 8.88. The van der Waals surface area contributed by atoms with Crippen molar-refractivity contribution in [1.82, 2.24) is 9.80 Å². The molecule has 26 heavy (non-hydrogen) atoms. The van der Waals surface area contributed by atoms with Crippen LogP contribution in [0, 0.1) is 5.41 Å². The van der Waals surface area contributed by atoms with Crippen LogP contribution in [0.5, 0.6) is 11.5 Å². The Kier molecular flexibility index (Phi) is 6.47. The van der Waals surface area contributed by atoms with Crippen LogP contribution in [0.2, 0.25) is 0 Å². The predicted molar refractivity (Wildman–Crippen MR) is 101 cm³/mol. The van der Waals surface area contributed by atoms with Crippen molar-refractivity contribution in [3.8, 4) is 11.5 Å². The number of carbonyl (C=O) groups excluding carboxylic acids is 2. The van der Waals surface area contributed by atoms with E-state index in [2.05, 4.69) is 17.1 Å². The van der Waals surface area contributed by atoms with Gasteiger partial charge in [-0.15, -0.1) is 0 Å². The van der Waals surface area contributed by atoms with Gasteiger partial charge in [-0.05, 0) is 32.5 Å².